The van der Waals surface area contributed by atoms with Crippen molar-refractivity contribution < 1.29 is 4.74 Å². The normalized spacial score (nSPS) is 30.1. The third kappa shape index (κ3) is 2.89. The topological polar surface area (TPSA) is 21.3 Å². The van der Waals surface area contributed by atoms with Gasteiger partial charge in [0.25, 0.3) is 0 Å². The summed E-state index contributed by atoms with van der Waals surface area (Å²) in [5.74, 6) is 3.50. The zero-order chi connectivity index (χ0) is 13.1. The second kappa shape index (κ2) is 6.07. The van der Waals surface area contributed by atoms with E-state index < -0.39 is 0 Å². The van der Waals surface area contributed by atoms with Crippen LogP contribution in [0.25, 0.3) is 0 Å². The van der Waals surface area contributed by atoms with Crippen molar-refractivity contribution in [3.05, 3.63) is 16.3 Å². The third-order valence-corrected chi connectivity index (χ3v) is 5.55. The van der Waals surface area contributed by atoms with Crippen molar-refractivity contribution in [1.82, 2.24) is 5.32 Å². The SMILES string of the molecule is CNC(c1cc(OC)cs1)C1CCC(C)C(C)C1. The molecule has 0 saturated heterocycles. The fourth-order valence-corrected chi connectivity index (χ4v) is 4.16. The molecule has 1 saturated carbocycles. The van der Waals surface area contributed by atoms with E-state index in [1.165, 1.54) is 24.1 Å². The van der Waals surface area contributed by atoms with E-state index in [1.807, 2.05) is 11.3 Å². The number of methoxy groups -OCH3 is 1. The molecule has 1 aliphatic carbocycles. The summed E-state index contributed by atoms with van der Waals surface area (Å²) in [5, 5.41) is 5.62. The molecule has 0 radical (unpaired) electrons. The van der Waals surface area contributed by atoms with Gasteiger partial charge >= 0.3 is 0 Å². The zero-order valence-electron chi connectivity index (χ0n) is 11.9. The zero-order valence-corrected chi connectivity index (χ0v) is 12.7. The van der Waals surface area contributed by atoms with Crippen molar-refractivity contribution in [3.8, 4) is 5.75 Å². The molecule has 1 heterocycles. The first kappa shape index (κ1) is 13.9. The highest BCUT2D eigenvalue weighted by atomic mass is 32.1. The molecular weight excluding hydrogens is 242 g/mol. The lowest BCUT2D eigenvalue weighted by atomic mass is 9.73. The number of hydrogen-bond acceptors (Lipinski definition) is 3. The minimum atomic E-state index is 0.494. The summed E-state index contributed by atoms with van der Waals surface area (Å²) in [7, 11) is 3.82. The second-order valence-electron chi connectivity index (χ2n) is 5.68. The van der Waals surface area contributed by atoms with E-state index in [0.29, 0.717) is 6.04 Å². The van der Waals surface area contributed by atoms with Crippen LogP contribution in [-0.2, 0) is 0 Å². The Morgan fingerprint density at radius 3 is 2.67 bits per heavy atom. The minimum absolute atomic E-state index is 0.494. The maximum atomic E-state index is 5.30. The highest BCUT2D eigenvalue weighted by molar-refractivity contribution is 7.10. The summed E-state index contributed by atoms with van der Waals surface area (Å²) >= 11 is 1.81. The van der Waals surface area contributed by atoms with Crippen LogP contribution in [0.5, 0.6) is 5.75 Å². The Morgan fingerprint density at radius 2 is 2.11 bits per heavy atom. The second-order valence-corrected chi connectivity index (χ2v) is 6.63. The monoisotopic (exact) mass is 267 g/mol. The van der Waals surface area contributed by atoms with Gasteiger partial charge in [-0.25, -0.2) is 0 Å². The van der Waals surface area contributed by atoms with Crippen LogP contribution in [0.15, 0.2) is 11.4 Å². The maximum absolute atomic E-state index is 5.30. The molecule has 0 aromatic carbocycles. The number of thiophene rings is 1. The van der Waals surface area contributed by atoms with E-state index >= 15 is 0 Å². The van der Waals surface area contributed by atoms with Gasteiger partial charge in [0, 0.05) is 16.3 Å². The van der Waals surface area contributed by atoms with Gasteiger partial charge in [-0.2, -0.15) is 0 Å². The van der Waals surface area contributed by atoms with Gasteiger partial charge < -0.3 is 10.1 Å². The summed E-state index contributed by atoms with van der Waals surface area (Å²) in [6, 6.07) is 2.68. The Hall–Kier alpha value is -0.540. The molecule has 1 aromatic heterocycles. The van der Waals surface area contributed by atoms with Crippen molar-refractivity contribution in [1.29, 1.82) is 0 Å². The first-order valence-corrected chi connectivity index (χ1v) is 7.83. The Bertz CT molecular complexity index is 376. The van der Waals surface area contributed by atoms with Crippen LogP contribution in [0.3, 0.4) is 0 Å². The highest BCUT2D eigenvalue weighted by Gasteiger charge is 2.30. The lowest BCUT2D eigenvalue weighted by molar-refractivity contribution is 0.176. The van der Waals surface area contributed by atoms with Gasteiger partial charge in [0.15, 0.2) is 0 Å². The van der Waals surface area contributed by atoms with Crippen LogP contribution in [0.2, 0.25) is 0 Å². The van der Waals surface area contributed by atoms with Crippen molar-refractivity contribution in [2.45, 2.75) is 39.2 Å². The lowest BCUT2D eigenvalue weighted by Crippen LogP contribution is -2.31. The van der Waals surface area contributed by atoms with Gasteiger partial charge in [-0.15, -0.1) is 11.3 Å². The molecule has 4 unspecified atom stereocenters. The van der Waals surface area contributed by atoms with Crippen molar-refractivity contribution in [3.63, 3.8) is 0 Å². The lowest BCUT2D eigenvalue weighted by Gasteiger charge is -2.36. The molecule has 0 aliphatic heterocycles. The molecule has 18 heavy (non-hydrogen) atoms. The van der Waals surface area contributed by atoms with Gasteiger partial charge in [-0.3, -0.25) is 0 Å². The molecule has 4 atom stereocenters. The van der Waals surface area contributed by atoms with Crippen molar-refractivity contribution in [2.24, 2.45) is 17.8 Å². The molecule has 1 aliphatic rings. The van der Waals surface area contributed by atoms with Crippen LogP contribution in [0.4, 0.5) is 0 Å². The smallest absolute Gasteiger partial charge is 0.129 e. The minimum Gasteiger partial charge on any atom is -0.496 e. The molecule has 3 heteroatoms. The van der Waals surface area contributed by atoms with Gasteiger partial charge in [0.2, 0.25) is 0 Å². The van der Waals surface area contributed by atoms with Crippen molar-refractivity contribution >= 4 is 11.3 Å². The first-order chi connectivity index (χ1) is 8.65. The summed E-state index contributed by atoms with van der Waals surface area (Å²) in [6.07, 6.45) is 4.05. The first-order valence-electron chi connectivity index (χ1n) is 6.95. The quantitative estimate of drug-likeness (QED) is 0.887. The molecule has 0 bridgehead atoms. The van der Waals surface area contributed by atoms with E-state index in [4.69, 9.17) is 4.74 Å². The Balaban J connectivity index is 2.08. The Morgan fingerprint density at radius 1 is 1.33 bits per heavy atom. The molecule has 1 aromatic rings. The van der Waals surface area contributed by atoms with Gasteiger partial charge in [-0.05, 0) is 43.7 Å². The third-order valence-electron chi connectivity index (χ3n) is 4.56. The number of rotatable bonds is 4. The van der Waals surface area contributed by atoms with Crippen LogP contribution in [0.1, 0.15) is 44.0 Å². The standard InChI is InChI=1S/C15H25NOS/c1-10-5-6-12(7-11(10)2)15(16-3)14-8-13(17-4)9-18-14/h8-12,15-16H,5-7H2,1-4H3. The van der Waals surface area contributed by atoms with E-state index in [9.17, 15) is 0 Å². The average molecular weight is 267 g/mol. The van der Waals surface area contributed by atoms with E-state index in [-0.39, 0.29) is 0 Å². The molecular formula is C15H25NOS. The highest BCUT2D eigenvalue weighted by Crippen LogP contribution is 2.41. The molecule has 102 valence electrons. The predicted molar refractivity (Wildman–Crippen MR) is 78.3 cm³/mol. The Labute approximate surface area is 115 Å². The molecule has 0 amide bonds. The fraction of sp³-hybridized carbons (Fsp3) is 0.733. The number of hydrogen-bond donors (Lipinski definition) is 1. The summed E-state index contributed by atoms with van der Waals surface area (Å²) < 4.78 is 5.30. The van der Waals surface area contributed by atoms with E-state index in [1.54, 1.807) is 7.11 Å². The maximum Gasteiger partial charge on any atom is 0.129 e. The van der Waals surface area contributed by atoms with E-state index in [0.717, 1.165) is 23.5 Å². The molecule has 1 N–H and O–H groups in total. The van der Waals surface area contributed by atoms with Crippen LogP contribution in [0, 0.1) is 17.8 Å². The Kier molecular flexibility index (Phi) is 4.68. The summed E-state index contributed by atoms with van der Waals surface area (Å²) in [4.78, 5) is 1.42. The number of ether oxygens (including phenoxy) is 1. The van der Waals surface area contributed by atoms with Gasteiger partial charge in [0.05, 0.1) is 7.11 Å². The van der Waals surface area contributed by atoms with Gasteiger partial charge in [-0.1, -0.05) is 20.3 Å². The van der Waals surface area contributed by atoms with Crippen LogP contribution >= 0.6 is 11.3 Å². The summed E-state index contributed by atoms with van der Waals surface area (Å²) in [5.41, 5.74) is 0. The predicted octanol–water partition coefficient (Wildman–Crippen LogP) is 4.09. The largest absolute Gasteiger partial charge is 0.496 e. The number of nitrogens with one attached hydrogen (secondary N) is 1. The van der Waals surface area contributed by atoms with Crippen LogP contribution in [-0.4, -0.2) is 14.2 Å². The summed E-state index contributed by atoms with van der Waals surface area (Å²) in [6.45, 7) is 4.79. The van der Waals surface area contributed by atoms with Crippen LogP contribution < -0.4 is 10.1 Å². The fourth-order valence-electron chi connectivity index (χ4n) is 3.11. The molecule has 1 fully saturated rings. The average Bonchev–Trinajstić information content (AvgIpc) is 2.83. The molecule has 2 rings (SSSR count). The van der Waals surface area contributed by atoms with Crippen molar-refractivity contribution in [2.75, 3.05) is 14.2 Å². The van der Waals surface area contributed by atoms with E-state index in [2.05, 4.69) is 37.7 Å². The molecule has 0 spiro atoms. The van der Waals surface area contributed by atoms with Gasteiger partial charge in [0.1, 0.15) is 5.75 Å². The molecule has 2 nitrogen and oxygen atoms in total.